The average molecular weight is 290 g/mol. The van der Waals surface area contributed by atoms with Gasteiger partial charge in [0, 0.05) is 10.7 Å². The smallest absolute Gasteiger partial charge is 0.423 e. The molecule has 0 aliphatic rings. The van der Waals surface area contributed by atoms with Crippen LogP contribution in [-0.4, -0.2) is 26.7 Å². The summed E-state index contributed by atoms with van der Waals surface area (Å²) in [5.41, 5.74) is 0.837. The number of anilines is 1. The molecule has 0 amide bonds. The van der Waals surface area contributed by atoms with Crippen LogP contribution >= 0.6 is 35.6 Å². The van der Waals surface area contributed by atoms with Crippen LogP contribution in [0.5, 0.6) is 0 Å². The van der Waals surface area contributed by atoms with Gasteiger partial charge < -0.3 is 15.4 Å². The number of rotatable bonds is 3. The highest BCUT2D eigenvalue weighted by atomic mass is 35.5. The van der Waals surface area contributed by atoms with Gasteiger partial charge in [-0.2, -0.15) is 0 Å². The first-order valence-electron chi connectivity index (χ1n) is 5.04. The normalized spacial score (nSPS) is 10.5. The molecule has 0 fully saturated rings. The Bertz CT molecular complexity index is 415. The summed E-state index contributed by atoms with van der Waals surface area (Å²) in [5.74, 6) is 0. The summed E-state index contributed by atoms with van der Waals surface area (Å²) in [6, 6.07) is 4.98. The van der Waals surface area contributed by atoms with E-state index in [-0.39, 0.29) is 10.5 Å². The molecule has 0 aliphatic heterocycles. The van der Waals surface area contributed by atoms with Crippen molar-refractivity contribution in [3.05, 3.63) is 23.2 Å². The Morgan fingerprint density at radius 2 is 2.12 bits per heavy atom. The lowest BCUT2D eigenvalue weighted by molar-refractivity contribution is 0.426. The molecule has 1 rings (SSSR count). The summed E-state index contributed by atoms with van der Waals surface area (Å²) < 4.78 is 0.603. The van der Waals surface area contributed by atoms with Crippen molar-refractivity contribution in [2.45, 2.75) is 19.1 Å². The summed E-state index contributed by atoms with van der Waals surface area (Å²) in [6.07, 6.45) is 0. The van der Waals surface area contributed by atoms with E-state index in [1.807, 2.05) is 13.8 Å². The maximum absolute atomic E-state index is 9.11. The SMILES string of the molecule is CC(C)SC(=S)Nc1cccc(B(O)O)c1Cl. The standard InChI is InChI=1S/C10H13BClNO2S2/c1-6(2)17-10(16)13-8-5-3-4-7(9(8)12)11(14)15/h3-6,14-15H,1-2H3,(H,13,16). The molecule has 0 radical (unpaired) electrons. The van der Waals surface area contributed by atoms with Crippen LogP contribution in [0, 0.1) is 0 Å². The van der Waals surface area contributed by atoms with E-state index in [0.29, 0.717) is 15.3 Å². The van der Waals surface area contributed by atoms with Crippen LogP contribution in [0.3, 0.4) is 0 Å². The lowest BCUT2D eigenvalue weighted by atomic mass is 9.80. The minimum atomic E-state index is -1.59. The van der Waals surface area contributed by atoms with Crippen LogP contribution < -0.4 is 10.8 Å². The van der Waals surface area contributed by atoms with Crippen LogP contribution in [0.1, 0.15) is 13.8 Å². The van der Waals surface area contributed by atoms with Gasteiger partial charge >= 0.3 is 7.12 Å². The van der Waals surface area contributed by atoms with Gasteiger partial charge in [-0.15, -0.1) is 0 Å². The van der Waals surface area contributed by atoms with E-state index in [4.69, 9.17) is 33.9 Å². The van der Waals surface area contributed by atoms with E-state index in [1.165, 1.54) is 11.8 Å². The fourth-order valence-electron chi connectivity index (χ4n) is 1.20. The Hall–Kier alpha value is -0.265. The van der Waals surface area contributed by atoms with Crippen molar-refractivity contribution < 1.29 is 10.0 Å². The number of nitrogens with one attached hydrogen (secondary N) is 1. The average Bonchev–Trinajstić information content (AvgIpc) is 2.19. The second kappa shape index (κ2) is 6.61. The third-order valence-electron chi connectivity index (χ3n) is 1.89. The number of hydrogen-bond donors (Lipinski definition) is 3. The predicted molar refractivity (Wildman–Crippen MR) is 80.2 cm³/mol. The van der Waals surface area contributed by atoms with Crippen LogP contribution in [0.2, 0.25) is 5.02 Å². The molecule has 0 unspecified atom stereocenters. The van der Waals surface area contributed by atoms with Gasteiger partial charge in [-0.3, -0.25) is 0 Å². The zero-order valence-corrected chi connectivity index (χ0v) is 11.9. The summed E-state index contributed by atoms with van der Waals surface area (Å²) in [7, 11) is -1.59. The van der Waals surface area contributed by atoms with Gasteiger partial charge in [0.25, 0.3) is 0 Å². The molecule has 0 saturated carbocycles. The Morgan fingerprint density at radius 1 is 1.47 bits per heavy atom. The molecule has 0 spiro atoms. The molecule has 17 heavy (non-hydrogen) atoms. The minimum absolute atomic E-state index is 0.258. The quantitative estimate of drug-likeness (QED) is 0.586. The topological polar surface area (TPSA) is 52.5 Å². The number of thiocarbonyl (C=S) groups is 1. The molecule has 92 valence electrons. The van der Waals surface area contributed by atoms with Gasteiger partial charge in [-0.1, -0.05) is 61.6 Å². The van der Waals surface area contributed by atoms with Crippen molar-refractivity contribution in [3.63, 3.8) is 0 Å². The Morgan fingerprint density at radius 3 is 2.65 bits per heavy atom. The molecule has 0 atom stereocenters. The van der Waals surface area contributed by atoms with Crippen LogP contribution in [0.25, 0.3) is 0 Å². The van der Waals surface area contributed by atoms with Crippen LogP contribution in [0.15, 0.2) is 18.2 Å². The molecule has 7 heteroatoms. The van der Waals surface area contributed by atoms with Crippen molar-refractivity contribution in [1.29, 1.82) is 0 Å². The van der Waals surface area contributed by atoms with Crippen LogP contribution in [0.4, 0.5) is 5.69 Å². The first-order valence-corrected chi connectivity index (χ1v) is 6.70. The maximum atomic E-state index is 9.11. The monoisotopic (exact) mass is 289 g/mol. The molecule has 3 nitrogen and oxygen atoms in total. The highest BCUT2D eigenvalue weighted by Crippen LogP contribution is 2.22. The van der Waals surface area contributed by atoms with Crippen LogP contribution in [-0.2, 0) is 0 Å². The minimum Gasteiger partial charge on any atom is -0.423 e. The Balaban J connectivity index is 2.85. The number of hydrogen-bond acceptors (Lipinski definition) is 4. The molecule has 0 heterocycles. The number of halogens is 1. The zero-order chi connectivity index (χ0) is 13.0. The lowest BCUT2D eigenvalue weighted by Gasteiger charge is -2.13. The highest BCUT2D eigenvalue weighted by Gasteiger charge is 2.17. The molecular weight excluding hydrogens is 277 g/mol. The van der Waals surface area contributed by atoms with Gasteiger partial charge in [-0.25, -0.2) is 0 Å². The van der Waals surface area contributed by atoms with Crippen molar-refractivity contribution in [3.8, 4) is 0 Å². The van der Waals surface area contributed by atoms with Gasteiger partial charge in [0.05, 0.1) is 10.7 Å². The van der Waals surface area contributed by atoms with E-state index in [1.54, 1.807) is 18.2 Å². The molecule has 0 aliphatic carbocycles. The van der Waals surface area contributed by atoms with E-state index in [9.17, 15) is 0 Å². The molecule has 1 aromatic rings. The summed E-state index contributed by atoms with van der Waals surface area (Å²) in [4.78, 5) is 0. The largest absolute Gasteiger partial charge is 0.490 e. The first-order chi connectivity index (χ1) is 7.91. The van der Waals surface area contributed by atoms with E-state index < -0.39 is 7.12 Å². The first kappa shape index (κ1) is 14.8. The third kappa shape index (κ3) is 4.48. The van der Waals surface area contributed by atoms with Gasteiger partial charge in [0.15, 0.2) is 0 Å². The summed E-state index contributed by atoms with van der Waals surface area (Å²) >= 11 is 12.7. The molecule has 0 bridgehead atoms. The fraction of sp³-hybridized carbons (Fsp3) is 0.300. The van der Waals surface area contributed by atoms with Crippen molar-refractivity contribution in [2.75, 3.05) is 5.32 Å². The molecule has 0 aromatic heterocycles. The fourth-order valence-corrected chi connectivity index (χ4v) is 2.75. The van der Waals surface area contributed by atoms with Gasteiger partial charge in [0.2, 0.25) is 0 Å². The number of thioether (sulfide) groups is 1. The van der Waals surface area contributed by atoms with Crippen molar-refractivity contribution >= 4 is 58.2 Å². The van der Waals surface area contributed by atoms with E-state index >= 15 is 0 Å². The zero-order valence-electron chi connectivity index (χ0n) is 9.48. The van der Waals surface area contributed by atoms with Gasteiger partial charge in [0.1, 0.15) is 4.32 Å². The highest BCUT2D eigenvalue weighted by molar-refractivity contribution is 8.23. The molecular formula is C10H13BClNO2S2. The molecule has 0 saturated heterocycles. The van der Waals surface area contributed by atoms with E-state index in [2.05, 4.69) is 5.32 Å². The maximum Gasteiger partial charge on any atom is 0.490 e. The molecule has 3 N–H and O–H groups in total. The van der Waals surface area contributed by atoms with E-state index in [0.717, 1.165) is 0 Å². The Kier molecular flexibility index (Phi) is 5.75. The molecule has 1 aromatic carbocycles. The second-order valence-corrected chi connectivity index (χ2v) is 6.29. The van der Waals surface area contributed by atoms with Crippen molar-refractivity contribution in [1.82, 2.24) is 0 Å². The number of benzene rings is 1. The lowest BCUT2D eigenvalue weighted by Crippen LogP contribution is -2.31. The van der Waals surface area contributed by atoms with Crippen molar-refractivity contribution in [2.24, 2.45) is 0 Å². The summed E-state index contributed by atoms with van der Waals surface area (Å²) in [6.45, 7) is 4.07. The Labute approximate surface area is 116 Å². The predicted octanol–water partition coefficient (Wildman–Crippen LogP) is 1.86. The third-order valence-corrected chi connectivity index (χ3v) is 3.49. The summed E-state index contributed by atoms with van der Waals surface area (Å²) in [5, 5.41) is 21.9. The second-order valence-electron chi connectivity index (χ2n) is 3.66. The van der Waals surface area contributed by atoms with Gasteiger partial charge in [-0.05, 0) is 6.07 Å².